The van der Waals surface area contributed by atoms with Gasteiger partial charge in [-0.3, -0.25) is 0 Å². The zero-order valence-electron chi connectivity index (χ0n) is 9.68. The summed E-state index contributed by atoms with van der Waals surface area (Å²) in [6.45, 7) is 0. The minimum absolute atomic E-state index is 0.155. The Balaban J connectivity index is 2.40. The maximum atomic E-state index is 13.2. The first-order valence-electron chi connectivity index (χ1n) is 5.31. The average Bonchev–Trinajstić information content (AvgIpc) is 2.40. The van der Waals surface area contributed by atoms with Gasteiger partial charge in [-0.25, -0.2) is 4.39 Å². The quantitative estimate of drug-likeness (QED) is 0.392. The highest BCUT2D eigenvalue weighted by atomic mass is 35.5. The third-order valence-corrected chi connectivity index (χ3v) is 2.58. The normalized spacial score (nSPS) is 11.4. The van der Waals surface area contributed by atoms with Gasteiger partial charge in [-0.05, 0) is 36.4 Å². The predicted molar refractivity (Wildman–Crippen MR) is 70.4 cm³/mol. The van der Waals surface area contributed by atoms with Crippen LogP contribution in [-0.2, 0) is 0 Å². The lowest BCUT2D eigenvalue weighted by molar-refractivity contribution is 0.318. The molecule has 0 amide bonds. The Bertz CT molecular complexity index is 632. The fourth-order valence-corrected chi connectivity index (χ4v) is 1.68. The van der Waals surface area contributed by atoms with Crippen LogP contribution in [0.4, 0.5) is 4.39 Å². The second-order valence-electron chi connectivity index (χ2n) is 3.69. The third-order valence-electron chi connectivity index (χ3n) is 2.35. The van der Waals surface area contributed by atoms with Crippen LogP contribution in [0.1, 0.15) is 5.56 Å². The summed E-state index contributed by atoms with van der Waals surface area (Å²) < 4.78 is 18.7. The van der Waals surface area contributed by atoms with Gasteiger partial charge in [0.2, 0.25) is 0 Å². The predicted octanol–water partition coefficient (Wildman–Crippen LogP) is 3.37. The van der Waals surface area contributed by atoms with Gasteiger partial charge in [-0.2, -0.15) is 0 Å². The standard InChI is InChI=1S/C13H10ClFN2O2/c14-8-2-1-3-10(6-8)19-12-5-4-9(15)7-11(12)13(16)17-18/h1-7,18H,(H2,16,17). The fourth-order valence-electron chi connectivity index (χ4n) is 1.50. The summed E-state index contributed by atoms with van der Waals surface area (Å²) in [6, 6.07) is 10.4. The summed E-state index contributed by atoms with van der Waals surface area (Å²) in [4.78, 5) is 0. The molecule has 2 aromatic rings. The molecular formula is C13H10ClFN2O2. The van der Waals surface area contributed by atoms with Crippen LogP contribution in [0.3, 0.4) is 0 Å². The zero-order chi connectivity index (χ0) is 13.8. The van der Waals surface area contributed by atoms with Crippen LogP contribution in [-0.4, -0.2) is 11.0 Å². The van der Waals surface area contributed by atoms with Gasteiger partial charge in [0.05, 0.1) is 5.56 Å². The van der Waals surface area contributed by atoms with Gasteiger partial charge in [0, 0.05) is 5.02 Å². The lowest BCUT2D eigenvalue weighted by atomic mass is 10.2. The average molecular weight is 281 g/mol. The number of nitrogens with zero attached hydrogens (tertiary/aromatic N) is 1. The second kappa shape index (κ2) is 5.58. The Morgan fingerprint density at radius 3 is 2.74 bits per heavy atom. The van der Waals surface area contributed by atoms with Crippen molar-refractivity contribution in [2.45, 2.75) is 0 Å². The van der Waals surface area contributed by atoms with Gasteiger partial charge in [-0.15, -0.1) is 0 Å². The van der Waals surface area contributed by atoms with Gasteiger partial charge >= 0.3 is 0 Å². The summed E-state index contributed by atoms with van der Waals surface area (Å²) in [5, 5.41) is 12.0. The van der Waals surface area contributed by atoms with E-state index in [1.54, 1.807) is 24.3 Å². The minimum Gasteiger partial charge on any atom is -0.457 e. The maximum absolute atomic E-state index is 13.2. The number of rotatable bonds is 3. The molecule has 0 radical (unpaired) electrons. The van der Waals surface area contributed by atoms with E-state index in [1.165, 1.54) is 12.1 Å². The van der Waals surface area contributed by atoms with Gasteiger partial charge in [0.1, 0.15) is 17.3 Å². The second-order valence-corrected chi connectivity index (χ2v) is 4.12. The zero-order valence-corrected chi connectivity index (χ0v) is 10.4. The molecule has 0 heterocycles. The van der Waals surface area contributed by atoms with E-state index in [1.807, 2.05) is 0 Å². The molecule has 6 heteroatoms. The molecule has 0 aliphatic rings. The molecule has 0 saturated carbocycles. The lowest BCUT2D eigenvalue weighted by Gasteiger charge is -2.10. The SMILES string of the molecule is N/C(=N/O)c1cc(F)ccc1Oc1cccc(Cl)c1. The van der Waals surface area contributed by atoms with E-state index in [2.05, 4.69) is 5.16 Å². The van der Waals surface area contributed by atoms with Crippen molar-refractivity contribution in [1.29, 1.82) is 0 Å². The Morgan fingerprint density at radius 1 is 1.26 bits per heavy atom. The molecule has 19 heavy (non-hydrogen) atoms. The van der Waals surface area contributed by atoms with Crippen LogP contribution in [0.25, 0.3) is 0 Å². The molecule has 3 N–H and O–H groups in total. The molecule has 0 aliphatic carbocycles. The van der Waals surface area contributed by atoms with Crippen molar-refractivity contribution in [3.8, 4) is 11.5 Å². The summed E-state index contributed by atoms with van der Waals surface area (Å²) >= 11 is 5.84. The van der Waals surface area contributed by atoms with Crippen molar-refractivity contribution < 1.29 is 14.3 Å². The topological polar surface area (TPSA) is 67.8 Å². The Labute approximate surface area is 113 Å². The Morgan fingerprint density at radius 2 is 2.05 bits per heavy atom. The number of halogens is 2. The summed E-state index contributed by atoms with van der Waals surface area (Å²) in [5.41, 5.74) is 5.63. The van der Waals surface area contributed by atoms with E-state index in [0.29, 0.717) is 10.8 Å². The van der Waals surface area contributed by atoms with Crippen molar-refractivity contribution in [3.05, 3.63) is 58.9 Å². The van der Waals surface area contributed by atoms with Gasteiger partial charge in [0.15, 0.2) is 5.84 Å². The number of hydrogen-bond acceptors (Lipinski definition) is 3. The number of amidine groups is 1. The van der Waals surface area contributed by atoms with Gasteiger partial charge in [-0.1, -0.05) is 22.8 Å². The van der Waals surface area contributed by atoms with Crippen molar-refractivity contribution in [1.82, 2.24) is 0 Å². The van der Waals surface area contributed by atoms with Crippen molar-refractivity contribution >= 4 is 17.4 Å². The molecule has 0 fully saturated rings. The Hall–Kier alpha value is -2.27. The summed E-state index contributed by atoms with van der Waals surface area (Å²) in [7, 11) is 0. The molecule has 98 valence electrons. The number of benzene rings is 2. The van der Waals surface area contributed by atoms with E-state index in [0.717, 1.165) is 6.07 Å². The van der Waals surface area contributed by atoms with Crippen molar-refractivity contribution in [3.63, 3.8) is 0 Å². The minimum atomic E-state index is -0.514. The monoisotopic (exact) mass is 280 g/mol. The highest BCUT2D eigenvalue weighted by Crippen LogP contribution is 2.27. The molecule has 2 rings (SSSR count). The third kappa shape index (κ3) is 3.14. The largest absolute Gasteiger partial charge is 0.457 e. The van der Waals surface area contributed by atoms with Crippen molar-refractivity contribution in [2.24, 2.45) is 10.9 Å². The van der Waals surface area contributed by atoms with E-state index in [-0.39, 0.29) is 17.1 Å². The van der Waals surface area contributed by atoms with Crippen LogP contribution in [0, 0.1) is 5.82 Å². The van der Waals surface area contributed by atoms with E-state index >= 15 is 0 Å². The van der Waals surface area contributed by atoms with Crippen LogP contribution < -0.4 is 10.5 Å². The summed E-state index contributed by atoms with van der Waals surface area (Å²) in [5.74, 6) is -0.0263. The first-order valence-corrected chi connectivity index (χ1v) is 5.69. The molecule has 0 saturated heterocycles. The van der Waals surface area contributed by atoms with Crippen LogP contribution >= 0.6 is 11.6 Å². The molecule has 0 spiro atoms. The summed E-state index contributed by atoms with van der Waals surface area (Å²) in [6.07, 6.45) is 0. The number of nitrogens with two attached hydrogens (primary N) is 1. The van der Waals surface area contributed by atoms with Crippen LogP contribution in [0.5, 0.6) is 11.5 Å². The van der Waals surface area contributed by atoms with E-state index in [4.69, 9.17) is 27.3 Å². The molecule has 0 bridgehead atoms. The smallest absolute Gasteiger partial charge is 0.173 e. The molecule has 4 nitrogen and oxygen atoms in total. The molecule has 0 aromatic heterocycles. The molecular weight excluding hydrogens is 271 g/mol. The van der Waals surface area contributed by atoms with E-state index < -0.39 is 5.82 Å². The highest BCUT2D eigenvalue weighted by molar-refractivity contribution is 6.30. The van der Waals surface area contributed by atoms with Crippen molar-refractivity contribution in [2.75, 3.05) is 0 Å². The lowest BCUT2D eigenvalue weighted by Crippen LogP contribution is -2.14. The maximum Gasteiger partial charge on any atom is 0.173 e. The molecule has 0 unspecified atom stereocenters. The molecule has 2 aromatic carbocycles. The molecule has 0 atom stereocenters. The van der Waals surface area contributed by atoms with Crippen LogP contribution in [0.15, 0.2) is 47.6 Å². The van der Waals surface area contributed by atoms with Gasteiger partial charge in [0.25, 0.3) is 0 Å². The number of ether oxygens (including phenoxy) is 1. The first kappa shape index (κ1) is 13.2. The van der Waals surface area contributed by atoms with Gasteiger partial charge < -0.3 is 15.7 Å². The van der Waals surface area contributed by atoms with Crippen LogP contribution in [0.2, 0.25) is 5.02 Å². The first-order chi connectivity index (χ1) is 9.10. The molecule has 0 aliphatic heterocycles. The number of hydrogen-bond donors (Lipinski definition) is 2. The fraction of sp³-hybridized carbons (Fsp3) is 0. The van der Waals surface area contributed by atoms with E-state index in [9.17, 15) is 4.39 Å². The Kier molecular flexibility index (Phi) is 3.87. The highest BCUT2D eigenvalue weighted by Gasteiger charge is 2.11. The number of oxime groups is 1.